The molecule has 1 N–H and O–H groups in total. The van der Waals surface area contributed by atoms with Gasteiger partial charge in [0, 0.05) is 24.4 Å². The van der Waals surface area contributed by atoms with E-state index in [0.29, 0.717) is 11.4 Å². The number of anilines is 1. The molecule has 0 saturated carbocycles. The molecule has 0 saturated heterocycles. The van der Waals surface area contributed by atoms with Crippen molar-refractivity contribution < 1.29 is 22.7 Å². The predicted octanol–water partition coefficient (Wildman–Crippen LogP) is 3.48. The lowest BCUT2D eigenvalue weighted by Crippen LogP contribution is -2.20. The van der Waals surface area contributed by atoms with E-state index >= 15 is 0 Å². The number of aryl methyl sites for hydroxylation is 1. The third kappa shape index (κ3) is 5.22. The first-order valence-corrected chi connectivity index (χ1v) is 8.47. The van der Waals surface area contributed by atoms with Gasteiger partial charge in [-0.3, -0.25) is 9.59 Å². The molecule has 0 atom stereocenters. The molecule has 0 spiro atoms. The fraction of sp³-hybridized carbons (Fsp3) is 0.150. The summed E-state index contributed by atoms with van der Waals surface area (Å²) in [6.07, 6.45) is -4.48. The maximum atomic E-state index is 12.7. The van der Waals surface area contributed by atoms with E-state index in [0.717, 1.165) is 17.7 Å². The Bertz CT molecular complexity index is 1080. The van der Waals surface area contributed by atoms with E-state index in [1.807, 2.05) is 0 Å². The highest BCUT2D eigenvalue weighted by atomic mass is 19.4. The Labute approximate surface area is 163 Å². The molecule has 0 unspecified atom stereocenters. The third-order valence-electron chi connectivity index (χ3n) is 3.96. The van der Waals surface area contributed by atoms with Gasteiger partial charge in [-0.1, -0.05) is 18.2 Å². The molecule has 9 heteroatoms. The summed E-state index contributed by atoms with van der Waals surface area (Å²) in [7, 11) is 1.55. The van der Waals surface area contributed by atoms with Gasteiger partial charge in [-0.25, -0.2) is 4.68 Å². The van der Waals surface area contributed by atoms with Crippen LogP contribution in [0.4, 0.5) is 18.9 Å². The summed E-state index contributed by atoms with van der Waals surface area (Å²) >= 11 is 0. The van der Waals surface area contributed by atoms with Gasteiger partial charge in [-0.05, 0) is 36.4 Å². The SMILES string of the molecule is Cn1nc(-c2ccc(NC(=O)COc3cccc(C(F)(F)F)c3)cc2)ccc1=O. The highest BCUT2D eigenvalue weighted by Gasteiger charge is 2.30. The van der Waals surface area contributed by atoms with Crippen LogP contribution in [0.2, 0.25) is 0 Å². The third-order valence-corrected chi connectivity index (χ3v) is 3.96. The van der Waals surface area contributed by atoms with Crippen LogP contribution in [0.25, 0.3) is 11.3 Å². The molecular formula is C20H16F3N3O3. The number of alkyl halides is 3. The molecule has 0 aliphatic rings. The Kier molecular flexibility index (Phi) is 5.67. The van der Waals surface area contributed by atoms with Crippen molar-refractivity contribution in [3.05, 3.63) is 76.6 Å². The lowest BCUT2D eigenvalue weighted by atomic mass is 10.1. The first kappa shape index (κ1) is 20.1. The standard InChI is InChI=1S/C20H16F3N3O3/c1-26-19(28)10-9-17(25-26)13-5-7-15(8-6-13)24-18(27)12-29-16-4-2-3-14(11-16)20(21,22)23/h2-11H,12H2,1H3,(H,24,27). The summed E-state index contributed by atoms with van der Waals surface area (Å²) in [6, 6.07) is 14.0. The molecule has 0 aliphatic carbocycles. The second kappa shape index (κ2) is 8.17. The highest BCUT2D eigenvalue weighted by molar-refractivity contribution is 5.92. The van der Waals surface area contributed by atoms with Crippen LogP contribution in [-0.4, -0.2) is 22.3 Å². The molecule has 1 aromatic heterocycles. The Balaban J connectivity index is 1.60. The average molecular weight is 403 g/mol. The predicted molar refractivity (Wildman–Crippen MR) is 100 cm³/mol. The number of nitrogens with one attached hydrogen (secondary N) is 1. The number of rotatable bonds is 5. The van der Waals surface area contributed by atoms with E-state index in [9.17, 15) is 22.8 Å². The molecule has 6 nitrogen and oxygen atoms in total. The second-order valence-corrected chi connectivity index (χ2v) is 6.12. The van der Waals surface area contributed by atoms with Crippen molar-refractivity contribution in [1.29, 1.82) is 0 Å². The molecule has 0 aliphatic heterocycles. The van der Waals surface area contributed by atoms with Crippen molar-refractivity contribution in [2.24, 2.45) is 7.05 Å². The van der Waals surface area contributed by atoms with Gasteiger partial charge in [-0.15, -0.1) is 0 Å². The lowest BCUT2D eigenvalue weighted by Gasteiger charge is -2.11. The smallest absolute Gasteiger partial charge is 0.416 e. The number of nitrogens with zero attached hydrogens (tertiary/aromatic N) is 2. The van der Waals surface area contributed by atoms with Crippen LogP contribution in [0.5, 0.6) is 5.75 Å². The summed E-state index contributed by atoms with van der Waals surface area (Å²) in [5.41, 5.74) is 0.754. The minimum Gasteiger partial charge on any atom is -0.484 e. The van der Waals surface area contributed by atoms with Gasteiger partial charge in [-0.2, -0.15) is 18.3 Å². The second-order valence-electron chi connectivity index (χ2n) is 6.12. The molecule has 0 fully saturated rings. The Morgan fingerprint density at radius 1 is 1.10 bits per heavy atom. The molecule has 2 aromatic carbocycles. The largest absolute Gasteiger partial charge is 0.484 e. The van der Waals surface area contributed by atoms with Gasteiger partial charge in [0.2, 0.25) is 0 Å². The molecule has 0 bridgehead atoms. The quantitative estimate of drug-likeness (QED) is 0.708. The van der Waals surface area contributed by atoms with Crippen LogP contribution in [0.15, 0.2) is 65.5 Å². The number of amides is 1. The molecular weight excluding hydrogens is 387 g/mol. The number of carbonyl (C=O) groups excluding carboxylic acids is 1. The van der Waals surface area contributed by atoms with Crippen molar-refractivity contribution in [1.82, 2.24) is 9.78 Å². The number of aromatic nitrogens is 2. The summed E-state index contributed by atoms with van der Waals surface area (Å²) in [4.78, 5) is 23.4. The van der Waals surface area contributed by atoms with Gasteiger partial charge in [0.1, 0.15) is 5.75 Å². The number of benzene rings is 2. The number of hydrogen-bond donors (Lipinski definition) is 1. The summed E-state index contributed by atoms with van der Waals surface area (Å²) in [5.74, 6) is -0.568. The van der Waals surface area contributed by atoms with Crippen molar-refractivity contribution in [3.63, 3.8) is 0 Å². The van der Waals surface area contributed by atoms with Crippen LogP contribution >= 0.6 is 0 Å². The molecule has 1 heterocycles. The monoisotopic (exact) mass is 403 g/mol. The molecule has 0 radical (unpaired) electrons. The highest BCUT2D eigenvalue weighted by Crippen LogP contribution is 2.31. The normalized spacial score (nSPS) is 11.2. The van der Waals surface area contributed by atoms with E-state index in [4.69, 9.17) is 4.74 Å². The van der Waals surface area contributed by atoms with Crippen LogP contribution in [-0.2, 0) is 18.0 Å². The minimum atomic E-state index is -4.48. The van der Waals surface area contributed by atoms with Crippen molar-refractivity contribution in [2.45, 2.75) is 6.18 Å². The Morgan fingerprint density at radius 2 is 1.83 bits per heavy atom. The fourth-order valence-corrected chi connectivity index (χ4v) is 2.49. The van der Waals surface area contributed by atoms with Crippen molar-refractivity contribution in [2.75, 3.05) is 11.9 Å². The zero-order valence-electron chi connectivity index (χ0n) is 15.2. The van der Waals surface area contributed by atoms with Gasteiger partial charge >= 0.3 is 6.18 Å². The first-order chi connectivity index (χ1) is 13.7. The number of ether oxygens (including phenoxy) is 1. The van der Waals surface area contributed by atoms with Crippen molar-refractivity contribution >= 4 is 11.6 Å². The molecule has 150 valence electrons. The molecule has 3 rings (SSSR count). The van der Waals surface area contributed by atoms with Crippen LogP contribution in [0.1, 0.15) is 5.56 Å². The van der Waals surface area contributed by atoms with Gasteiger partial charge in [0.15, 0.2) is 6.61 Å². The Morgan fingerprint density at radius 3 is 2.48 bits per heavy atom. The summed E-state index contributed by atoms with van der Waals surface area (Å²) in [6.45, 7) is -0.439. The Hall–Kier alpha value is -3.62. The van der Waals surface area contributed by atoms with E-state index in [1.165, 1.54) is 22.9 Å². The zero-order valence-corrected chi connectivity index (χ0v) is 15.2. The van der Waals surface area contributed by atoms with E-state index in [-0.39, 0.29) is 11.3 Å². The molecule has 3 aromatic rings. The lowest BCUT2D eigenvalue weighted by molar-refractivity contribution is -0.137. The van der Waals surface area contributed by atoms with Crippen LogP contribution in [0.3, 0.4) is 0 Å². The molecule has 1 amide bonds. The van der Waals surface area contributed by atoms with Gasteiger partial charge in [0.05, 0.1) is 11.3 Å². The van der Waals surface area contributed by atoms with Gasteiger partial charge < -0.3 is 10.1 Å². The number of halogens is 3. The minimum absolute atomic E-state index is 0.0499. The number of hydrogen-bond acceptors (Lipinski definition) is 4. The van der Waals surface area contributed by atoms with Crippen LogP contribution in [0, 0.1) is 0 Å². The number of carbonyl (C=O) groups is 1. The topological polar surface area (TPSA) is 73.2 Å². The zero-order chi connectivity index (χ0) is 21.0. The van der Waals surface area contributed by atoms with E-state index in [2.05, 4.69) is 10.4 Å². The maximum Gasteiger partial charge on any atom is 0.416 e. The maximum absolute atomic E-state index is 12.7. The first-order valence-electron chi connectivity index (χ1n) is 8.47. The average Bonchev–Trinajstić information content (AvgIpc) is 2.69. The fourth-order valence-electron chi connectivity index (χ4n) is 2.49. The molecule has 29 heavy (non-hydrogen) atoms. The van der Waals surface area contributed by atoms with E-state index < -0.39 is 24.3 Å². The van der Waals surface area contributed by atoms with E-state index in [1.54, 1.807) is 37.4 Å². The summed E-state index contributed by atoms with van der Waals surface area (Å²) < 4.78 is 44.4. The summed E-state index contributed by atoms with van der Waals surface area (Å²) in [5, 5.41) is 6.73. The van der Waals surface area contributed by atoms with Gasteiger partial charge in [0.25, 0.3) is 11.5 Å². The van der Waals surface area contributed by atoms with Crippen molar-refractivity contribution in [3.8, 4) is 17.0 Å². The van der Waals surface area contributed by atoms with Crippen LogP contribution < -0.4 is 15.6 Å².